The Labute approximate surface area is 125 Å². The monoisotopic (exact) mass is 292 g/mol. The van der Waals surface area contributed by atoms with E-state index in [0.29, 0.717) is 23.7 Å². The zero-order valence-corrected chi connectivity index (χ0v) is 13.1. The number of nitrogens with one attached hydrogen (secondary N) is 2. The fourth-order valence-electron chi connectivity index (χ4n) is 1.62. The first-order valence-corrected chi connectivity index (χ1v) is 7.06. The summed E-state index contributed by atoms with van der Waals surface area (Å²) in [6.45, 7) is 9.02. The number of anilines is 1. The molecule has 0 radical (unpaired) electrons. The van der Waals surface area contributed by atoms with Crippen molar-refractivity contribution in [1.82, 2.24) is 5.32 Å². The second-order valence-electron chi connectivity index (χ2n) is 6.22. The van der Waals surface area contributed by atoms with Crippen molar-refractivity contribution < 1.29 is 14.7 Å². The summed E-state index contributed by atoms with van der Waals surface area (Å²) < 4.78 is 0. The van der Waals surface area contributed by atoms with Gasteiger partial charge in [0.25, 0.3) is 0 Å². The Morgan fingerprint density at radius 3 is 2.52 bits per heavy atom. The van der Waals surface area contributed by atoms with Gasteiger partial charge in [0.05, 0.1) is 6.42 Å². The van der Waals surface area contributed by atoms with E-state index in [1.807, 2.05) is 0 Å². The average Bonchev–Trinajstić information content (AvgIpc) is 2.36. The molecule has 0 saturated carbocycles. The van der Waals surface area contributed by atoms with Crippen LogP contribution >= 0.6 is 0 Å². The number of rotatable bonds is 6. The molecule has 0 aliphatic heterocycles. The van der Waals surface area contributed by atoms with E-state index < -0.39 is 5.97 Å². The summed E-state index contributed by atoms with van der Waals surface area (Å²) in [5.41, 5.74) is 1.26. The maximum atomic E-state index is 11.9. The smallest absolute Gasteiger partial charge is 0.319 e. The van der Waals surface area contributed by atoms with Crippen molar-refractivity contribution in [2.45, 2.75) is 34.1 Å². The lowest BCUT2D eigenvalue weighted by atomic mass is 9.81. The van der Waals surface area contributed by atoms with Crippen LogP contribution in [0.4, 0.5) is 10.5 Å². The number of urea groups is 1. The molecule has 0 saturated heterocycles. The van der Waals surface area contributed by atoms with Gasteiger partial charge in [0.2, 0.25) is 0 Å². The molecule has 2 amide bonds. The van der Waals surface area contributed by atoms with Gasteiger partial charge in [-0.2, -0.15) is 0 Å². The molecule has 0 aliphatic rings. The summed E-state index contributed by atoms with van der Waals surface area (Å²) in [7, 11) is 0. The minimum Gasteiger partial charge on any atom is -0.481 e. The number of hydrogen-bond acceptors (Lipinski definition) is 2. The summed E-state index contributed by atoms with van der Waals surface area (Å²) in [5, 5.41) is 14.3. The summed E-state index contributed by atoms with van der Waals surface area (Å²) in [5.74, 6) is -0.438. The van der Waals surface area contributed by atoms with Gasteiger partial charge in [0.15, 0.2) is 0 Å². The van der Waals surface area contributed by atoms with Gasteiger partial charge >= 0.3 is 12.0 Å². The Balaban J connectivity index is 2.57. The Morgan fingerprint density at radius 1 is 1.29 bits per heavy atom. The van der Waals surface area contributed by atoms with Gasteiger partial charge in [-0.25, -0.2) is 4.79 Å². The molecule has 5 heteroatoms. The number of hydrogen-bond donors (Lipinski definition) is 3. The van der Waals surface area contributed by atoms with Crippen molar-refractivity contribution in [3.63, 3.8) is 0 Å². The number of aliphatic carboxylic acids is 1. The molecule has 0 atom stereocenters. The summed E-state index contributed by atoms with van der Waals surface area (Å²) in [6, 6.07) is 6.57. The van der Waals surface area contributed by atoms with Crippen LogP contribution in [0, 0.1) is 11.3 Å². The second-order valence-corrected chi connectivity index (χ2v) is 6.22. The summed E-state index contributed by atoms with van der Waals surface area (Å²) in [4.78, 5) is 22.6. The minimum atomic E-state index is -0.893. The van der Waals surface area contributed by atoms with Gasteiger partial charge in [0.1, 0.15) is 0 Å². The highest BCUT2D eigenvalue weighted by Gasteiger charge is 2.22. The standard InChI is InChI=1S/C16H24N2O3/c1-11(2)16(3,4)10-17-15(21)18-13-7-5-6-12(8-13)9-14(19)20/h5-8,11H,9-10H2,1-4H3,(H,19,20)(H2,17,18,21). The van der Waals surface area contributed by atoms with Crippen LogP contribution in [-0.4, -0.2) is 23.7 Å². The molecule has 0 spiro atoms. The third kappa shape index (κ3) is 5.85. The molecule has 5 nitrogen and oxygen atoms in total. The molecule has 1 rings (SSSR count). The van der Waals surface area contributed by atoms with E-state index in [9.17, 15) is 9.59 Å². The first-order chi connectivity index (χ1) is 9.70. The normalized spacial score (nSPS) is 11.3. The number of carbonyl (C=O) groups is 2. The maximum absolute atomic E-state index is 11.9. The number of amides is 2. The van der Waals surface area contributed by atoms with Crippen molar-refractivity contribution in [2.75, 3.05) is 11.9 Å². The highest BCUT2D eigenvalue weighted by molar-refractivity contribution is 5.89. The third-order valence-electron chi connectivity index (χ3n) is 3.81. The molecule has 0 bridgehead atoms. The highest BCUT2D eigenvalue weighted by Crippen LogP contribution is 2.24. The Hall–Kier alpha value is -2.04. The van der Waals surface area contributed by atoms with Crippen LogP contribution in [-0.2, 0) is 11.2 Å². The Kier molecular flexibility index (Phi) is 5.76. The van der Waals surface area contributed by atoms with Crippen molar-refractivity contribution in [3.8, 4) is 0 Å². The van der Waals surface area contributed by atoms with E-state index in [0.717, 1.165) is 0 Å². The lowest BCUT2D eigenvalue weighted by molar-refractivity contribution is -0.136. The largest absolute Gasteiger partial charge is 0.481 e. The molecule has 116 valence electrons. The van der Waals surface area contributed by atoms with Gasteiger partial charge in [-0.15, -0.1) is 0 Å². The van der Waals surface area contributed by atoms with Gasteiger partial charge in [-0.1, -0.05) is 39.8 Å². The predicted octanol–water partition coefficient (Wildman–Crippen LogP) is 3.12. The van der Waals surface area contributed by atoms with Crippen LogP contribution in [0.3, 0.4) is 0 Å². The Morgan fingerprint density at radius 2 is 1.95 bits per heavy atom. The van der Waals surface area contributed by atoms with Crippen molar-refractivity contribution in [3.05, 3.63) is 29.8 Å². The lowest BCUT2D eigenvalue weighted by Gasteiger charge is -2.29. The molecule has 1 aromatic carbocycles. The molecular weight excluding hydrogens is 268 g/mol. The first-order valence-electron chi connectivity index (χ1n) is 7.06. The molecular formula is C16H24N2O3. The van der Waals surface area contributed by atoms with E-state index in [4.69, 9.17) is 5.11 Å². The predicted molar refractivity (Wildman–Crippen MR) is 83.4 cm³/mol. The molecule has 0 heterocycles. The van der Waals surface area contributed by atoms with Gasteiger partial charge in [-0.3, -0.25) is 4.79 Å². The molecule has 0 aliphatic carbocycles. The molecule has 21 heavy (non-hydrogen) atoms. The zero-order chi connectivity index (χ0) is 16.0. The SMILES string of the molecule is CC(C)C(C)(C)CNC(=O)Nc1cccc(CC(=O)O)c1. The summed E-state index contributed by atoms with van der Waals surface area (Å²) >= 11 is 0. The van der Waals surface area contributed by atoms with Crippen molar-refractivity contribution in [1.29, 1.82) is 0 Å². The Bertz CT molecular complexity index is 510. The number of benzene rings is 1. The van der Waals surface area contributed by atoms with E-state index in [2.05, 4.69) is 38.3 Å². The number of carboxylic acids is 1. The average molecular weight is 292 g/mol. The fourth-order valence-corrected chi connectivity index (χ4v) is 1.62. The van der Waals surface area contributed by atoms with Crippen LogP contribution in [0.25, 0.3) is 0 Å². The molecule has 0 unspecified atom stereocenters. The lowest BCUT2D eigenvalue weighted by Crippen LogP contribution is -2.39. The van der Waals surface area contributed by atoms with Gasteiger partial charge in [-0.05, 0) is 29.0 Å². The minimum absolute atomic E-state index is 0.0164. The molecule has 0 aromatic heterocycles. The topological polar surface area (TPSA) is 78.4 Å². The quantitative estimate of drug-likeness (QED) is 0.753. The van der Waals surface area contributed by atoms with Crippen LogP contribution in [0.2, 0.25) is 0 Å². The maximum Gasteiger partial charge on any atom is 0.319 e. The molecule has 3 N–H and O–H groups in total. The third-order valence-corrected chi connectivity index (χ3v) is 3.81. The zero-order valence-electron chi connectivity index (χ0n) is 13.1. The number of carbonyl (C=O) groups excluding carboxylic acids is 1. The fraction of sp³-hybridized carbons (Fsp3) is 0.500. The highest BCUT2D eigenvalue weighted by atomic mass is 16.4. The van der Waals surface area contributed by atoms with Crippen LogP contribution in [0.15, 0.2) is 24.3 Å². The van der Waals surface area contributed by atoms with Crippen molar-refractivity contribution in [2.24, 2.45) is 11.3 Å². The summed E-state index contributed by atoms with van der Waals surface area (Å²) in [6.07, 6.45) is -0.0580. The van der Waals surface area contributed by atoms with Crippen LogP contribution < -0.4 is 10.6 Å². The van der Waals surface area contributed by atoms with Crippen molar-refractivity contribution >= 4 is 17.7 Å². The second kappa shape index (κ2) is 7.11. The molecule has 1 aromatic rings. The number of carboxylic acid groups (broad SMARTS) is 1. The van der Waals surface area contributed by atoms with Gasteiger partial charge in [0, 0.05) is 12.2 Å². The van der Waals surface area contributed by atoms with E-state index in [-0.39, 0.29) is 17.9 Å². The van der Waals surface area contributed by atoms with E-state index in [1.54, 1.807) is 24.3 Å². The van der Waals surface area contributed by atoms with E-state index >= 15 is 0 Å². The van der Waals surface area contributed by atoms with Crippen LogP contribution in [0.5, 0.6) is 0 Å². The van der Waals surface area contributed by atoms with Gasteiger partial charge < -0.3 is 15.7 Å². The van der Waals surface area contributed by atoms with Crippen LogP contribution in [0.1, 0.15) is 33.3 Å². The molecule has 0 fully saturated rings. The van der Waals surface area contributed by atoms with E-state index in [1.165, 1.54) is 0 Å². The first kappa shape index (κ1) is 17.0.